The quantitative estimate of drug-likeness (QED) is 0.898. The molecule has 0 aromatic carbocycles. The number of amides is 1. The fourth-order valence-electron chi connectivity index (χ4n) is 3.00. The van der Waals surface area contributed by atoms with Crippen LogP contribution in [0.25, 0.3) is 0 Å². The lowest BCUT2D eigenvalue weighted by molar-refractivity contribution is 0.0119. The average molecular weight is 336 g/mol. The zero-order chi connectivity index (χ0) is 17.8. The fourth-order valence-corrected chi connectivity index (χ4v) is 3.00. The molecule has 1 amide bonds. The van der Waals surface area contributed by atoms with Crippen LogP contribution in [0.4, 0.5) is 4.79 Å². The molecular weight excluding hydrogens is 304 g/mol. The zero-order valence-corrected chi connectivity index (χ0v) is 15.8. The van der Waals surface area contributed by atoms with E-state index in [4.69, 9.17) is 4.74 Å². The van der Waals surface area contributed by atoms with Gasteiger partial charge in [-0.05, 0) is 46.0 Å². The van der Waals surface area contributed by atoms with Crippen molar-refractivity contribution >= 4 is 6.09 Å². The first-order valence-electron chi connectivity index (χ1n) is 8.90. The van der Waals surface area contributed by atoms with Crippen LogP contribution in [-0.2, 0) is 17.8 Å². The van der Waals surface area contributed by atoms with Crippen molar-refractivity contribution in [2.45, 2.75) is 66.2 Å². The van der Waals surface area contributed by atoms with Crippen LogP contribution in [0.2, 0.25) is 0 Å². The van der Waals surface area contributed by atoms with Crippen molar-refractivity contribution in [3.63, 3.8) is 0 Å². The molecule has 1 aliphatic heterocycles. The fraction of sp³-hybridized carbons (Fsp3) is 0.778. The molecule has 0 bridgehead atoms. The smallest absolute Gasteiger partial charge is 0.410 e. The van der Waals surface area contributed by atoms with E-state index in [1.165, 1.54) is 5.69 Å². The van der Waals surface area contributed by atoms with Gasteiger partial charge in [-0.25, -0.2) is 9.78 Å². The summed E-state index contributed by atoms with van der Waals surface area (Å²) < 4.78 is 7.62. The molecule has 2 heterocycles. The van der Waals surface area contributed by atoms with E-state index in [9.17, 15) is 4.79 Å². The van der Waals surface area contributed by atoms with Gasteiger partial charge in [0.1, 0.15) is 5.60 Å². The summed E-state index contributed by atoms with van der Waals surface area (Å²) in [6, 6.07) is 0. The standard InChI is InChI=1S/C18H32N4O2/c1-6-21-14-20-12-15(21)11-19-13-18(5)7-9-22(10-8-18)16(23)24-17(2,3)4/h12,14,19H,6-11,13H2,1-5H3. The number of nitrogens with zero attached hydrogens (tertiary/aromatic N) is 3. The molecule has 0 atom stereocenters. The van der Waals surface area contributed by atoms with Gasteiger partial charge >= 0.3 is 6.09 Å². The lowest BCUT2D eigenvalue weighted by atomic mass is 9.80. The summed E-state index contributed by atoms with van der Waals surface area (Å²) in [4.78, 5) is 18.2. The molecule has 6 heteroatoms. The van der Waals surface area contributed by atoms with E-state index in [1.54, 1.807) is 0 Å². The SMILES string of the molecule is CCn1cncc1CNCC1(C)CCN(C(=O)OC(C)(C)C)CC1. The Labute approximate surface area is 145 Å². The van der Waals surface area contributed by atoms with E-state index in [1.807, 2.05) is 38.2 Å². The van der Waals surface area contributed by atoms with Crippen molar-refractivity contribution in [3.8, 4) is 0 Å². The number of hydrogen-bond donors (Lipinski definition) is 1. The molecule has 0 aliphatic carbocycles. The van der Waals surface area contributed by atoms with Crippen LogP contribution < -0.4 is 5.32 Å². The minimum atomic E-state index is -0.429. The highest BCUT2D eigenvalue weighted by Crippen LogP contribution is 2.30. The molecule has 1 aliphatic rings. The number of rotatable bonds is 5. The van der Waals surface area contributed by atoms with Crippen molar-refractivity contribution in [1.82, 2.24) is 19.8 Å². The summed E-state index contributed by atoms with van der Waals surface area (Å²) in [5, 5.41) is 3.56. The number of imidazole rings is 1. The maximum Gasteiger partial charge on any atom is 0.410 e. The van der Waals surface area contributed by atoms with Gasteiger partial charge in [-0.1, -0.05) is 6.92 Å². The normalized spacial score (nSPS) is 17.8. The van der Waals surface area contributed by atoms with Gasteiger partial charge < -0.3 is 19.5 Å². The third-order valence-corrected chi connectivity index (χ3v) is 4.62. The Kier molecular flexibility index (Phi) is 5.91. The third kappa shape index (κ3) is 5.23. The zero-order valence-electron chi connectivity index (χ0n) is 15.8. The van der Waals surface area contributed by atoms with Gasteiger partial charge in [0.2, 0.25) is 0 Å². The Balaban J connectivity index is 1.77. The van der Waals surface area contributed by atoms with Gasteiger partial charge in [0, 0.05) is 38.9 Å². The average Bonchev–Trinajstić information content (AvgIpc) is 2.93. The Morgan fingerprint density at radius 3 is 2.62 bits per heavy atom. The molecule has 1 aromatic heterocycles. The van der Waals surface area contributed by atoms with E-state index >= 15 is 0 Å². The van der Waals surface area contributed by atoms with Crippen molar-refractivity contribution in [2.24, 2.45) is 5.41 Å². The molecule has 1 saturated heterocycles. The maximum absolute atomic E-state index is 12.1. The summed E-state index contributed by atoms with van der Waals surface area (Å²) in [6.07, 6.45) is 5.59. The van der Waals surface area contributed by atoms with E-state index < -0.39 is 5.60 Å². The first kappa shape index (κ1) is 18.8. The Bertz CT molecular complexity index is 539. The number of carbonyl (C=O) groups is 1. The number of carbonyl (C=O) groups excluding carboxylic acids is 1. The van der Waals surface area contributed by atoms with E-state index in [-0.39, 0.29) is 11.5 Å². The van der Waals surface area contributed by atoms with Crippen molar-refractivity contribution in [3.05, 3.63) is 18.2 Å². The van der Waals surface area contributed by atoms with Gasteiger partial charge in [0.25, 0.3) is 0 Å². The Hall–Kier alpha value is -1.56. The molecule has 6 nitrogen and oxygen atoms in total. The minimum absolute atomic E-state index is 0.190. The first-order valence-corrected chi connectivity index (χ1v) is 8.90. The second-order valence-corrected chi connectivity index (χ2v) is 8.05. The molecule has 0 radical (unpaired) electrons. The first-order chi connectivity index (χ1) is 11.2. The molecule has 2 rings (SSSR count). The Morgan fingerprint density at radius 1 is 1.38 bits per heavy atom. The summed E-state index contributed by atoms with van der Waals surface area (Å²) in [6.45, 7) is 14.4. The number of piperidine rings is 1. The molecule has 0 unspecified atom stereocenters. The Morgan fingerprint density at radius 2 is 2.04 bits per heavy atom. The van der Waals surface area contributed by atoms with Crippen LogP contribution in [-0.4, -0.2) is 45.8 Å². The summed E-state index contributed by atoms with van der Waals surface area (Å²) in [5.74, 6) is 0. The molecule has 24 heavy (non-hydrogen) atoms. The topological polar surface area (TPSA) is 59.4 Å². The summed E-state index contributed by atoms with van der Waals surface area (Å²) in [5.41, 5.74) is 1.00. The van der Waals surface area contributed by atoms with Crippen LogP contribution in [0.5, 0.6) is 0 Å². The predicted molar refractivity (Wildman–Crippen MR) is 94.8 cm³/mol. The number of aromatic nitrogens is 2. The van der Waals surface area contributed by atoms with Crippen LogP contribution in [0.3, 0.4) is 0 Å². The number of nitrogens with one attached hydrogen (secondary N) is 1. The number of ether oxygens (including phenoxy) is 1. The molecule has 1 aromatic rings. The van der Waals surface area contributed by atoms with Crippen LogP contribution in [0.1, 0.15) is 53.2 Å². The highest BCUT2D eigenvalue weighted by molar-refractivity contribution is 5.68. The highest BCUT2D eigenvalue weighted by atomic mass is 16.6. The monoisotopic (exact) mass is 336 g/mol. The van der Waals surface area contributed by atoms with Gasteiger partial charge in [-0.15, -0.1) is 0 Å². The molecule has 0 spiro atoms. The number of likely N-dealkylation sites (tertiary alicyclic amines) is 1. The van der Waals surface area contributed by atoms with Crippen LogP contribution >= 0.6 is 0 Å². The lowest BCUT2D eigenvalue weighted by Crippen LogP contribution is -2.47. The van der Waals surface area contributed by atoms with E-state index in [0.29, 0.717) is 0 Å². The predicted octanol–water partition coefficient (Wildman–Crippen LogP) is 3.03. The molecule has 1 N–H and O–H groups in total. The van der Waals surface area contributed by atoms with Crippen LogP contribution in [0.15, 0.2) is 12.5 Å². The van der Waals surface area contributed by atoms with Gasteiger partial charge in [0.05, 0.1) is 12.0 Å². The molecule has 136 valence electrons. The molecular formula is C18H32N4O2. The highest BCUT2D eigenvalue weighted by Gasteiger charge is 2.33. The second-order valence-electron chi connectivity index (χ2n) is 8.05. The van der Waals surface area contributed by atoms with E-state index in [2.05, 4.69) is 28.7 Å². The van der Waals surface area contributed by atoms with Gasteiger partial charge in [-0.2, -0.15) is 0 Å². The van der Waals surface area contributed by atoms with Crippen molar-refractivity contribution in [2.75, 3.05) is 19.6 Å². The largest absolute Gasteiger partial charge is 0.444 e. The lowest BCUT2D eigenvalue weighted by Gasteiger charge is -2.40. The molecule has 1 fully saturated rings. The maximum atomic E-state index is 12.1. The summed E-state index contributed by atoms with van der Waals surface area (Å²) in [7, 11) is 0. The van der Waals surface area contributed by atoms with Crippen LogP contribution in [0, 0.1) is 5.41 Å². The van der Waals surface area contributed by atoms with Crippen molar-refractivity contribution < 1.29 is 9.53 Å². The third-order valence-electron chi connectivity index (χ3n) is 4.62. The summed E-state index contributed by atoms with van der Waals surface area (Å²) >= 11 is 0. The van der Waals surface area contributed by atoms with Crippen molar-refractivity contribution in [1.29, 1.82) is 0 Å². The number of hydrogen-bond acceptors (Lipinski definition) is 4. The molecule has 0 saturated carbocycles. The van der Waals surface area contributed by atoms with E-state index in [0.717, 1.165) is 45.6 Å². The second kappa shape index (κ2) is 7.55. The minimum Gasteiger partial charge on any atom is -0.444 e. The number of aryl methyl sites for hydroxylation is 1. The van der Waals surface area contributed by atoms with Gasteiger partial charge in [0.15, 0.2) is 0 Å². The van der Waals surface area contributed by atoms with Gasteiger partial charge in [-0.3, -0.25) is 0 Å².